The lowest BCUT2D eigenvalue weighted by molar-refractivity contribution is -0.116. The van der Waals surface area contributed by atoms with Crippen molar-refractivity contribution in [2.45, 2.75) is 19.4 Å². The van der Waals surface area contributed by atoms with Crippen molar-refractivity contribution in [3.63, 3.8) is 0 Å². The van der Waals surface area contributed by atoms with E-state index in [0.717, 1.165) is 49.7 Å². The van der Waals surface area contributed by atoms with Gasteiger partial charge in [0, 0.05) is 50.5 Å². The number of likely N-dealkylation sites (N-methyl/N-ethyl adjacent to an activating group) is 1. The normalized spacial score (nSPS) is 14.1. The maximum Gasteiger partial charge on any atom is 0.224 e. The van der Waals surface area contributed by atoms with Crippen molar-refractivity contribution in [1.29, 1.82) is 0 Å². The molecule has 0 radical (unpaired) electrons. The Morgan fingerprint density at radius 3 is 2.38 bits per heavy atom. The molecule has 0 spiro atoms. The van der Waals surface area contributed by atoms with E-state index in [2.05, 4.69) is 34.3 Å². The molecule has 0 aromatic heterocycles. The van der Waals surface area contributed by atoms with Crippen molar-refractivity contribution in [1.82, 2.24) is 9.80 Å². The van der Waals surface area contributed by atoms with Gasteiger partial charge in [0.05, 0.1) is 0 Å². The first-order chi connectivity index (χ1) is 12.6. The van der Waals surface area contributed by atoms with Crippen LogP contribution in [-0.2, 0) is 17.8 Å². The Morgan fingerprint density at radius 2 is 1.69 bits per heavy atom. The number of nitrogens with one attached hydrogen (secondary N) is 1. The molecular formula is C21H31Cl3N4O. The molecule has 1 fully saturated rings. The molecule has 1 amide bonds. The van der Waals surface area contributed by atoms with Gasteiger partial charge in [0.15, 0.2) is 0 Å². The number of piperazine rings is 1. The lowest BCUT2D eigenvalue weighted by Crippen LogP contribution is -2.43. The van der Waals surface area contributed by atoms with Gasteiger partial charge in [-0.3, -0.25) is 9.69 Å². The Balaban J connectivity index is 0.00000261. The lowest BCUT2D eigenvalue weighted by atomic mass is 10.1. The summed E-state index contributed by atoms with van der Waals surface area (Å²) in [4.78, 5) is 17.1. The van der Waals surface area contributed by atoms with Gasteiger partial charge in [-0.15, -0.1) is 37.2 Å². The zero-order valence-electron chi connectivity index (χ0n) is 16.7. The van der Waals surface area contributed by atoms with E-state index in [-0.39, 0.29) is 43.1 Å². The summed E-state index contributed by atoms with van der Waals surface area (Å²) in [7, 11) is 2.16. The number of anilines is 2. The molecule has 0 bridgehead atoms. The van der Waals surface area contributed by atoms with Gasteiger partial charge in [0.2, 0.25) is 5.91 Å². The van der Waals surface area contributed by atoms with Crippen LogP contribution in [0.5, 0.6) is 0 Å². The number of halogens is 3. The highest BCUT2D eigenvalue weighted by atomic mass is 35.5. The van der Waals surface area contributed by atoms with E-state index in [1.54, 1.807) is 0 Å². The number of rotatable bonds is 6. The van der Waals surface area contributed by atoms with Gasteiger partial charge < -0.3 is 16.0 Å². The molecule has 1 saturated heterocycles. The summed E-state index contributed by atoms with van der Waals surface area (Å²) in [5.41, 5.74) is 9.80. The third kappa shape index (κ3) is 8.81. The van der Waals surface area contributed by atoms with Crippen molar-refractivity contribution in [2.75, 3.05) is 44.3 Å². The van der Waals surface area contributed by atoms with Crippen LogP contribution in [0.1, 0.15) is 17.5 Å². The number of carbonyl (C=O) groups is 1. The molecule has 3 N–H and O–H groups in total. The molecule has 3 rings (SSSR count). The minimum Gasteiger partial charge on any atom is -0.399 e. The maximum absolute atomic E-state index is 12.3. The summed E-state index contributed by atoms with van der Waals surface area (Å²) in [5, 5.41) is 3.01. The molecule has 5 nitrogen and oxygen atoms in total. The van der Waals surface area contributed by atoms with Gasteiger partial charge in [-0.25, -0.2) is 0 Å². The summed E-state index contributed by atoms with van der Waals surface area (Å²) in [6.45, 7) is 5.33. The fraction of sp³-hybridized carbons (Fsp3) is 0.381. The van der Waals surface area contributed by atoms with Crippen molar-refractivity contribution in [3.8, 4) is 0 Å². The number of hydrogen-bond acceptors (Lipinski definition) is 4. The Kier molecular flexibility index (Phi) is 13.0. The first-order valence-electron chi connectivity index (χ1n) is 9.23. The van der Waals surface area contributed by atoms with E-state index in [1.807, 2.05) is 36.4 Å². The van der Waals surface area contributed by atoms with Crippen LogP contribution in [0.15, 0.2) is 48.5 Å². The second-order valence-electron chi connectivity index (χ2n) is 7.03. The second-order valence-corrected chi connectivity index (χ2v) is 7.03. The smallest absolute Gasteiger partial charge is 0.224 e. The Labute approximate surface area is 192 Å². The first-order valence-corrected chi connectivity index (χ1v) is 9.23. The molecule has 1 heterocycles. The molecule has 1 aliphatic rings. The van der Waals surface area contributed by atoms with Crippen LogP contribution in [0, 0.1) is 0 Å². The van der Waals surface area contributed by atoms with E-state index in [4.69, 9.17) is 5.73 Å². The topological polar surface area (TPSA) is 61.6 Å². The monoisotopic (exact) mass is 460 g/mol. The van der Waals surface area contributed by atoms with Gasteiger partial charge in [-0.1, -0.05) is 30.3 Å². The number of carbonyl (C=O) groups excluding carboxylic acids is 1. The van der Waals surface area contributed by atoms with Gasteiger partial charge in [0.1, 0.15) is 0 Å². The number of hydrogen-bond donors (Lipinski definition) is 2. The average molecular weight is 462 g/mol. The highest BCUT2D eigenvalue weighted by Crippen LogP contribution is 2.16. The van der Waals surface area contributed by atoms with Crippen LogP contribution in [0.4, 0.5) is 11.4 Å². The van der Waals surface area contributed by atoms with Gasteiger partial charge in [-0.05, 0) is 42.8 Å². The maximum atomic E-state index is 12.3. The van der Waals surface area contributed by atoms with Gasteiger partial charge in [-0.2, -0.15) is 0 Å². The Bertz CT molecular complexity index is 752. The molecular weight excluding hydrogens is 431 g/mol. The lowest BCUT2D eigenvalue weighted by Gasteiger charge is -2.32. The molecule has 0 aliphatic carbocycles. The van der Waals surface area contributed by atoms with Crippen LogP contribution in [0.3, 0.4) is 0 Å². The Morgan fingerprint density at radius 1 is 1.00 bits per heavy atom. The van der Waals surface area contributed by atoms with Crippen LogP contribution in [0.25, 0.3) is 0 Å². The predicted molar refractivity (Wildman–Crippen MR) is 129 cm³/mol. The molecule has 0 atom stereocenters. The van der Waals surface area contributed by atoms with Crippen molar-refractivity contribution in [2.24, 2.45) is 0 Å². The number of nitrogens with two attached hydrogens (primary N) is 1. The predicted octanol–water partition coefficient (Wildman–Crippen LogP) is 3.85. The number of nitrogens with zero attached hydrogens (tertiary/aromatic N) is 2. The quantitative estimate of drug-likeness (QED) is 0.641. The molecule has 0 unspecified atom stereocenters. The molecule has 8 heteroatoms. The number of benzene rings is 2. The third-order valence-corrected chi connectivity index (χ3v) is 4.89. The number of aryl methyl sites for hydroxylation is 1. The summed E-state index contributed by atoms with van der Waals surface area (Å²) in [6.07, 6.45) is 1.08. The van der Waals surface area contributed by atoms with Crippen LogP contribution >= 0.6 is 37.2 Å². The molecule has 2 aromatic rings. The van der Waals surface area contributed by atoms with Crippen LogP contribution in [-0.4, -0.2) is 48.9 Å². The van der Waals surface area contributed by atoms with Gasteiger partial charge in [0.25, 0.3) is 0 Å². The fourth-order valence-corrected chi connectivity index (χ4v) is 3.25. The van der Waals surface area contributed by atoms with E-state index < -0.39 is 0 Å². The van der Waals surface area contributed by atoms with Crippen LogP contribution < -0.4 is 11.1 Å². The molecule has 2 aromatic carbocycles. The Hall–Kier alpha value is -1.50. The van der Waals surface area contributed by atoms with Crippen LogP contribution in [0.2, 0.25) is 0 Å². The summed E-state index contributed by atoms with van der Waals surface area (Å²) in [5.74, 6) is 0.0185. The SMILES string of the molecule is CN1CCN(Cc2cccc(NC(=O)CCc3ccccc3N)c2)CC1.Cl.Cl.Cl. The minimum atomic E-state index is 0. The fourth-order valence-electron chi connectivity index (χ4n) is 3.25. The standard InChI is InChI=1S/C21H28N4O.3ClH/c1-24-11-13-25(14-12-24)16-17-5-4-7-19(15-17)23-21(26)10-9-18-6-2-3-8-20(18)22;;;/h2-8,15H,9-14,16,22H2,1H3,(H,23,26);3*1H. The summed E-state index contributed by atoms with van der Waals surface area (Å²) in [6, 6.07) is 15.9. The van der Waals surface area contributed by atoms with Crippen molar-refractivity contribution < 1.29 is 4.79 Å². The highest BCUT2D eigenvalue weighted by Gasteiger charge is 2.14. The largest absolute Gasteiger partial charge is 0.399 e. The van der Waals surface area contributed by atoms with Gasteiger partial charge >= 0.3 is 0 Å². The molecule has 0 saturated carbocycles. The molecule has 29 heavy (non-hydrogen) atoms. The van der Waals surface area contributed by atoms with E-state index in [9.17, 15) is 4.79 Å². The number of nitrogen functional groups attached to an aromatic ring is 1. The van der Waals surface area contributed by atoms with E-state index in [0.29, 0.717) is 12.8 Å². The zero-order chi connectivity index (χ0) is 18.4. The number of amides is 1. The first kappa shape index (κ1) is 27.5. The summed E-state index contributed by atoms with van der Waals surface area (Å²) < 4.78 is 0. The highest BCUT2D eigenvalue weighted by molar-refractivity contribution is 5.91. The van der Waals surface area contributed by atoms with Crippen molar-refractivity contribution in [3.05, 3.63) is 59.7 Å². The molecule has 1 aliphatic heterocycles. The zero-order valence-corrected chi connectivity index (χ0v) is 19.1. The average Bonchev–Trinajstić information content (AvgIpc) is 2.63. The van der Waals surface area contributed by atoms with Crippen molar-refractivity contribution >= 4 is 54.5 Å². The minimum absolute atomic E-state index is 0. The third-order valence-electron chi connectivity index (χ3n) is 4.89. The summed E-state index contributed by atoms with van der Waals surface area (Å²) >= 11 is 0. The van der Waals surface area contributed by atoms with E-state index in [1.165, 1.54) is 5.56 Å². The molecule has 162 valence electrons. The second kappa shape index (κ2) is 13.7. The van der Waals surface area contributed by atoms with E-state index >= 15 is 0 Å². The number of para-hydroxylation sites is 1.